The van der Waals surface area contributed by atoms with E-state index in [1.807, 2.05) is 12.1 Å². The minimum Gasteiger partial charge on any atom is -0.493 e. The van der Waals surface area contributed by atoms with Gasteiger partial charge in [0.1, 0.15) is 24.4 Å². The lowest BCUT2D eigenvalue weighted by atomic mass is 9.90. The number of hydrogen-bond acceptors (Lipinski definition) is 10. The van der Waals surface area contributed by atoms with E-state index >= 15 is 0 Å². The Kier molecular flexibility index (Phi) is 8.79. The molecule has 37 heavy (non-hydrogen) atoms. The van der Waals surface area contributed by atoms with Crippen LogP contribution in [0.15, 0.2) is 30.3 Å². The maximum Gasteiger partial charge on any atom is 0.229 e. The Balaban J connectivity index is 1.60. The van der Waals surface area contributed by atoms with Gasteiger partial charge in [0.05, 0.1) is 32.8 Å². The number of hydrogen-bond donors (Lipinski definition) is 4. The van der Waals surface area contributed by atoms with Gasteiger partial charge in [-0.3, -0.25) is 0 Å². The van der Waals surface area contributed by atoms with Crippen LogP contribution < -0.4 is 18.9 Å². The van der Waals surface area contributed by atoms with Crippen molar-refractivity contribution in [1.29, 1.82) is 0 Å². The molecule has 2 heterocycles. The second-order valence-electron chi connectivity index (χ2n) is 9.29. The number of aliphatic hydroxyl groups excluding tert-OH is 4. The van der Waals surface area contributed by atoms with Crippen LogP contribution in [0.25, 0.3) is 0 Å². The Hall–Kier alpha value is -2.60. The zero-order chi connectivity index (χ0) is 26.7. The molecular weight excluding hydrogens is 484 g/mol. The first-order valence-corrected chi connectivity index (χ1v) is 12.3. The van der Waals surface area contributed by atoms with Gasteiger partial charge in [0.15, 0.2) is 23.0 Å². The van der Waals surface area contributed by atoms with E-state index in [1.165, 1.54) is 14.2 Å². The highest BCUT2D eigenvalue weighted by molar-refractivity contribution is 5.56. The summed E-state index contributed by atoms with van der Waals surface area (Å²) in [6.45, 7) is 1.61. The predicted molar refractivity (Wildman–Crippen MR) is 132 cm³/mol. The summed E-state index contributed by atoms with van der Waals surface area (Å²) >= 11 is 0. The van der Waals surface area contributed by atoms with Crippen LogP contribution in [0.5, 0.6) is 23.0 Å². The average Bonchev–Trinajstić information content (AvgIpc) is 3.29. The zero-order valence-electron chi connectivity index (χ0n) is 21.5. The van der Waals surface area contributed by atoms with Gasteiger partial charge in [-0.2, -0.15) is 0 Å². The van der Waals surface area contributed by atoms with E-state index in [1.54, 1.807) is 32.2 Å². The van der Waals surface area contributed by atoms with Crippen LogP contribution >= 0.6 is 0 Å². The van der Waals surface area contributed by atoms with Gasteiger partial charge in [-0.15, -0.1) is 0 Å². The summed E-state index contributed by atoms with van der Waals surface area (Å²) in [5.74, 6) is 1.52. The SMILES string of the molecule is COc1cc([C@H]2Oc3c(OC)cc(CCCO)cc3[C@@H]2CO)ccc1O[C@@H]1O[C@@H](C)[C@H](O)[C@@H](OC)[C@H]1O. The van der Waals surface area contributed by atoms with Crippen LogP contribution in [0.4, 0.5) is 0 Å². The predicted octanol–water partition coefficient (Wildman–Crippen LogP) is 1.70. The molecule has 10 nitrogen and oxygen atoms in total. The molecule has 1 fully saturated rings. The number of benzene rings is 2. The Morgan fingerprint density at radius 2 is 1.68 bits per heavy atom. The van der Waals surface area contributed by atoms with Crippen LogP contribution in [0.2, 0.25) is 0 Å². The molecule has 1 saturated heterocycles. The van der Waals surface area contributed by atoms with E-state index in [4.69, 9.17) is 28.4 Å². The molecule has 0 aliphatic carbocycles. The molecule has 0 aromatic heterocycles. The molecule has 2 aromatic rings. The van der Waals surface area contributed by atoms with Crippen LogP contribution in [-0.4, -0.2) is 85.7 Å². The van der Waals surface area contributed by atoms with Crippen LogP contribution in [0.3, 0.4) is 0 Å². The average molecular weight is 521 g/mol. The van der Waals surface area contributed by atoms with Crippen LogP contribution in [0, 0.1) is 0 Å². The molecular formula is C27H36O10. The highest BCUT2D eigenvalue weighted by Gasteiger charge is 2.45. The molecule has 4 rings (SSSR count). The van der Waals surface area contributed by atoms with Gasteiger partial charge in [-0.05, 0) is 49.1 Å². The third-order valence-corrected chi connectivity index (χ3v) is 7.01. The van der Waals surface area contributed by atoms with Crippen molar-refractivity contribution in [2.24, 2.45) is 0 Å². The largest absolute Gasteiger partial charge is 0.493 e. The molecule has 4 N–H and O–H groups in total. The maximum atomic E-state index is 10.6. The summed E-state index contributed by atoms with van der Waals surface area (Å²) in [5, 5.41) is 40.4. The van der Waals surface area contributed by atoms with E-state index in [0.29, 0.717) is 35.8 Å². The van der Waals surface area contributed by atoms with Crippen molar-refractivity contribution in [2.45, 2.75) is 62.5 Å². The monoisotopic (exact) mass is 520 g/mol. The van der Waals surface area contributed by atoms with Gasteiger partial charge in [-0.1, -0.05) is 12.1 Å². The van der Waals surface area contributed by atoms with E-state index in [0.717, 1.165) is 16.7 Å². The zero-order valence-corrected chi connectivity index (χ0v) is 21.5. The van der Waals surface area contributed by atoms with Crippen molar-refractivity contribution >= 4 is 0 Å². The minimum absolute atomic E-state index is 0.0880. The summed E-state index contributed by atoms with van der Waals surface area (Å²) in [4.78, 5) is 0. The van der Waals surface area contributed by atoms with Gasteiger partial charge in [0.2, 0.25) is 6.29 Å². The van der Waals surface area contributed by atoms with E-state index < -0.39 is 36.8 Å². The van der Waals surface area contributed by atoms with Crippen molar-refractivity contribution in [3.05, 3.63) is 47.0 Å². The topological polar surface area (TPSA) is 136 Å². The summed E-state index contributed by atoms with van der Waals surface area (Å²) in [7, 11) is 4.48. The van der Waals surface area contributed by atoms with Crippen LogP contribution in [-0.2, 0) is 15.9 Å². The number of methoxy groups -OCH3 is 3. The van der Waals surface area contributed by atoms with Crippen molar-refractivity contribution in [1.82, 2.24) is 0 Å². The van der Waals surface area contributed by atoms with E-state index in [9.17, 15) is 20.4 Å². The molecule has 10 heteroatoms. The molecule has 204 valence electrons. The molecule has 0 bridgehead atoms. The first kappa shape index (κ1) is 27.4. The maximum absolute atomic E-state index is 10.6. The Bertz CT molecular complexity index is 1060. The van der Waals surface area contributed by atoms with Crippen molar-refractivity contribution in [3.8, 4) is 23.0 Å². The number of ether oxygens (including phenoxy) is 6. The number of rotatable bonds is 10. The third-order valence-electron chi connectivity index (χ3n) is 7.01. The van der Waals surface area contributed by atoms with Crippen molar-refractivity contribution in [2.75, 3.05) is 34.5 Å². The summed E-state index contributed by atoms with van der Waals surface area (Å²) < 4.78 is 34.3. The fourth-order valence-corrected chi connectivity index (χ4v) is 4.99. The van der Waals surface area contributed by atoms with Gasteiger partial charge >= 0.3 is 0 Å². The normalized spacial score (nSPS) is 28.9. The fraction of sp³-hybridized carbons (Fsp3) is 0.556. The summed E-state index contributed by atoms with van der Waals surface area (Å²) in [6, 6.07) is 9.13. The standard InChI is InChI=1S/C27H36O10/c1-14-22(30)26(34-4)23(31)27(35-14)36-19-8-7-16(12-20(19)32-2)24-18(13-29)17-10-15(6-5-9-28)11-21(33-3)25(17)37-24/h7-8,10-12,14,18,22-24,26-31H,5-6,9,13H2,1-4H3/t14-,18-,22-,23+,24+,26+,27-/m0/s1. The molecule has 2 aliphatic rings. The molecule has 0 amide bonds. The Morgan fingerprint density at radius 3 is 2.32 bits per heavy atom. The van der Waals surface area contributed by atoms with Crippen LogP contribution in [0.1, 0.15) is 42.1 Å². The van der Waals surface area contributed by atoms with Gasteiger partial charge < -0.3 is 48.8 Å². The van der Waals surface area contributed by atoms with Gasteiger partial charge in [0, 0.05) is 19.3 Å². The molecule has 0 unspecified atom stereocenters. The smallest absolute Gasteiger partial charge is 0.229 e. The lowest BCUT2D eigenvalue weighted by molar-refractivity contribution is -0.273. The first-order valence-electron chi connectivity index (χ1n) is 12.3. The van der Waals surface area contributed by atoms with Gasteiger partial charge in [-0.25, -0.2) is 0 Å². The number of aliphatic hydroxyl groups is 4. The fourth-order valence-electron chi connectivity index (χ4n) is 4.99. The summed E-state index contributed by atoms with van der Waals surface area (Å²) in [6.07, 6.45) is -3.99. The second kappa shape index (κ2) is 11.8. The molecule has 0 spiro atoms. The van der Waals surface area contributed by atoms with Crippen molar-refractivity contribution in [3.63, 3.8) is 0 Å². The van der Waals surface area contributed by atoms with Crippen molar-refractivity contribution < 1.29 is 48.8 Å². The van der Waals surface area contributed by atoms with E-state index in [-0.39, 0.29) is 19.1 Å². The Labute approximate surface area is 216 Å². The number of aryl methyl sites for hydroxylation is 1. The molecule has 7 atom stereocenters. The lowest BCUT2D eigenvalue weighted by Crippen LogP contribution is -2.59. The highest BCUT2D eigenvalue weighted by atomic mass is 16.7. The highest BCUT2D eigenvalue weighted by Crippen LogP contribution is 2.51. The van der Waals surface area contributed by atoms with E-state index in [2.05, 4.69) is 0 Å². The third kappa shape index (κ3) is 5.36. The Morgan fingerprint density at radius 1 is 0.919 bits per heavy atom. The molecule has 0 radical (unpaired) electrons. The molecule has 0 saturated carbocycles. The van der Waals surface area contributed by atoms with Gasteiger partial charge in [0.25, 0.3) is 0 Å². The summed E-state index contributed by atoms with van der Waals surface area (Å²) in [5.41, 5.74) is 2.59. The second-order valence-corrected chi connectivity index (χ2v) is 9.29. The first-order chi connectivity index (χ1) is 17.9. The number of fused-ring (bicyclic) bond motifs is 1. The lowest BCUT2D eigenvalue weighted by Gasteiger charge is -2.40. The molecule has 2 aromatic carbocycles. The molecule has 2 aliphatic heterocycles. The quantitative estimate of drug-likeness (QED) is 0.366. The minimum atomic E-state index is -1.22.